The average molecular weight is 299 g/mol. The van der Waals surface area contributed by atoms with Crippen molar-refractivity contribution in [2.45, 2.75) is 19.3 Å². The van der Waals surface area contributed by atoms with Crippen LogP contribution < -0.4 is 5.32 Å². The third-order valence-corrected chi connectivity index (χ3v) is 5.06. The number of thiophene rings is 1. The van der Waals surface area contributed by atoms with E-state index in [2.05, 4.69) is 5.32 Å². The van der Waals surface area contributed by atoms with Crippen molar-refractivity contribution in [3.05, 3.63) is 62.8 Å². The lowest BCUT2D eigenvalue weighted by atomic mass is 9.88. The van der Waals surface area contributed by atoms with Gasteiger partial charge in [-0.15, -0.1) is 11.3 Å². The minimum Gasteiger partial charge on any atom is -0.316 e. The van der Waals surface area contributed by atoms with Crippen LogP contribution in [0.5, 0.6) is 0 Å². The van der Waals surface area contributed by atoms with Crippen LogP contribution in [0.3, 0.4) is 0 Å². The molecule has 1 aromatic carbocycles. The predicted molar refractivity (Wildman–Crippen MR) is 86.9 cm³/mol. The lowest BCUT2D eigenvalue weighted by Gasteiger charge is -2.21. The third kappa shape index (κ3) is 2.17. The first kappa shape index (κ1) is 9.34. The van der Waals surface area contributed by atoms with Crippen LogP contribution in [0.2, 0.25) is 0 Å². The Morgan fingerprint density at radius 2 is 1.95 bits per heavy atom. The van der Waals surface area contributed by atoms with Crippen LogP contribution in [0.1, 0.15) is 44.7 Å². The minimum atomic E-state index is -0.267. The van der Waals surface area contributed by atoms with Gasteiger partial charge in [0, 0.05) is 12.0 Å². The highest BCUT2D eigenvalue weighted by molar-refractivity contribution is 7.12. The molecule has 0 bridgehead atoms. The maximum absolute atomic E-state index is 12.7. The van der Waals surface area contributed by atoms with E-state index in [9.17, 15) is 4.79 Å². The molecule has 0 amide bonds. The molecule has 21 heavy (non-hydrogen) atoms. The summed E-state index contributed by atoms with van der Waals surface area (Å²) in [7, 11) is 0. The quantitative estimate of drug-likeness (QED) is 0.804. The van der Waals surface area contributed by atoms with Crippen molar-refractivity contribution in [3.63, 3.8) is 0 Å². The molecular formula is C18H17NOS. The summed E-state index contributed by atoms with van der Waals surface area (Å²) in [5.74, 6) is -0.0687. The number of carbonyl (C=O) groups excluding carboxylic acids is 1. The van der Waals surface area contributed by atoms with Crippen LogP contribution in [0.25, 0.3) is 5.57 Å². The number of piperidine rings is 1. The van der Waals surface area contributed by atoms with Crippen molar-refractivity contribution in [2.75, 3.05) is 13.1 Å². The highest BCUT2D eigenvalue weighted by Crippen LogP contribution is 2.39. The summed E-state index contributed by atoms with van der Waals surface area (Å²) in [5.41, 5.74) is 3.80. The first-order valence-electron chi connectivity index (χ1n) is 9.14. The van der Waals surface area contributed by atoms with Crippen molar-refractivity contribution < 1.29 is 10.3 Å². The second-order valence-corrected chi connectivity index (χ2v) is 6.26. The lowest BCUT2D eigenvalue weighted by molar-refractivity contribution is 0.0997. The minimum absolute atomic E-state index is 0.0226. The van der Waals surface area contributed by atoms with Crippen LogP contribution in [0.4, 0.5) is 0 Å². The van der Waals surface area contributed by atoms with E-state index in [4.69, 9.17) is 5.48 Å². The smallest absolute Gasteiger partial charge is 0.177 e. The number of benzene rings is 1. The number of fused-ring (bicyclic) bond motifs is 2. The Morgan fingerprint density at radius 1 is 1.14 bits per heavy atom. The molecule has 1 aliphatic heterocycles. The molecule has 0 atom stereocenters. The van der Waals surface area contributed by atoms with Gasteiger partial charge in [-0.1, -0.05) is 29.7 Å². The molecule has 2 heterocycles. The zero-order chi connectivity index (χ0) is 17.7. The fourth-order valence-electron chi connectivity index (χ4n) is 3.13. The number of hydrogen-bond donors (Lipinski definition) is 1. The van der Waals surface area contributed by atoms with Gasteiger partial charge < -0.3 is 5.32 Å². The Kier molecular flexibility index (Phi) is 2.33. The number of rotatable bonds is 0. The third-order valence-electron chi connectivity index (χ3n) is 4.10. The number of Topliss-reactive ketones (excluding diaryl/α,β-unsaturated/α-hetero) is 1. The first-order chi connectivity index (χ1) is 12.0. The van der Waals surface area contributed by atoms with E-state index in [1.165, 1.54) is 16.9 Å². The summed E-state index contributed by atoms with van der Waals surface area (Å²) >= 11 is 1.39. The Hall–Kier alpha value is -1.71. The SMILES string of the molecule is [2H]c1c([2H])c([2H])c2c(c1[2H])CC(=O)c1sccc1C2=C1CCNCC1. The molecule has 1 fully saturated rings. The average Bonchev–Trinajstić information content (AvgIpc) is 3.06. The predicted octanol–water partition coefficient (Wildman–Crippen LogP) is 3.67. The van der Waals surface area contributed by atoms with E-state index in [0.29, 0.717) is 16.0 Å². The van der Waals surface area contributed by atoms with Gasteiger partial charge in [-0.2, -0.15) is 0 Å². The number of carbonyl (C=O) groups is 1. The van der Waals surface area contributed by atoms with Crippen LogP contribution in [-0.2, 0) is 6.42 Å². The molecule has 2 aliphatic rings. The van der Waals surface area contributed by atoms with Gasteiger partial charge in [0.25, 0.3) is 0 Å². The number of nitrogens with one attached hydrogen (secondary N) is 1. The molecule has 0 radical (unpaired) electrons. The summed E-state index contributed by atoms with van der Waals surface area (Å²) in [6.45, 7) is 1.68. The molecule has 3 heteroatoms. The van der Waals surface area contributed by atoms with Crippen molar-refractivity contribution in [1.82, 2.24) is 5.32 Å². The molecular weight excluding hydrogens is 278 g/mol. The van der Waals surface area contributed by atoms with Gasteiger partial charge in [0.15, 0.2) is 5.78 Å². The normalized spacial score (nSPS) is 20.9. The van der Waals surface area contributed by atoms with E-state index in [1.807, 2.05) is 11.4 Å². The Labute approximate surface area is 134 Å². The molecule has 4 rings (SSSR count). The van der Waals surface area contributed by atoms with E-state index in [1.54, 1.807) is 0 Å². The number of hydrogen-bond acceptors (Lipinski definition) is 3. The van der Waals surface area contributed by atoms with Gasteiger partial charge in [-0.05, 0) is 54.1 Å². The van der Waals surface area contributed by atoms with Crippen LogP contribution in [0.15, 0.2) is 41.2 Å². The number of ketones is 1. The van der Waals surface area contributed by atoms with Gasteiger partial charge in [0.1, 0.15) is 0 Å². The molecule has 0 saturated carbocycles. The topological polar surface area (TPSA) is 29.1 Å². The molecule has 1 saturated heterocycles. The van der Waals surface area contributed by atoms with Gasteiger partial charge >= 0.3 is 0 Å². The summed E-state index contributed by atoms with van der Waals surface area (Å²) in [6, 6.07) is 1.28. The summed E-state index contributed by atoms with van der Waals surface area (Å²) in [6.07, 6.45) is 1.66. The summed E-state index contributed by atoms with van der Waals surface area (Å²) in [4.78, 5) is 13.4. The Balaban J connectivity index is 2.12. The van der Waals surface area contributed by atoms with E-state index in [-0.39, 0.29) is 36.4 Å². The van der Waals surface area contributed by atoms with Crippen molar-refractivity contribution in [3.8, 4) is 0 Å². The molecule has 2 nitrogen and oxygen atoms in total. The fourth-order valence-corrected chi connectivity index (χ4v) is 3.97. The Bertz CT molecular complexity index is 924. The highest BCUT2D eigenvalue weighted by Gasteiger charge is 2.26. The molecule has 1 aromatic heterocycles. The highest BCUT2D eigenvalue weighted by atomic mass is 32.1. The maximum atomic E-state index is 12.7. The van der Waals surface area contributed by atoms with Gasteiger partial charge in [0.2, 0.25) is 0 Å². The van der Waals surface area contributed by atoms with E-state index < -0.39 is 0 Å². The zero-order valence-corrected chi connectivity index (χ0v) is 12.3. The van der Waals surface area contributed by atoms with Crippen LogP contribution in [-0.4, -0.2) is 18.9 Å². The first-order valence-corrected chi connectivity index (χ1v) is 8.02. The second-order valence-electron chi connectivity index (χ2n) is 5.35. The lowest BCUT2D eigenvalue weighted by Crippen LogP contribution is -2.24. The molecule has 1 aliphatic carbocycles. The monoisotopic (exact) mass is 299 g/mol. The standard InChI is InChI=1S/C18H17NOS/c20-16-11-13-3-1-2-4-14(13)17(12-5-8-19-9-6-12)15-7-10-21-18(15)16/h1-4,7,10,19H,5-6,8-9,11H2/i1D,2D,3D,4D. The largest absolute Gasteiger partial charge is 0.316 e. The van der Waals surface area contributed by atoms with Crippen LogP contribution in [0, 0.1) is 0 Å². The second kappa shape index (κ2) is 5.24. The molecule has 1 N–H and O–H groups in total. The van der Waals surface area contributed by atoms with Crippen molar-refractivity contribution in [1.29, 1.82) is 0 Å². The molecule has 0 spiro atoms. The van der Waals surface area contributed by atoms with Crippen molar-refractivity contribution >= 4 is 22.7 Å². The molecule has 0 unspecified atom stereocenters. The van der Waals surface area contributed by atoms with E-state index >= 15 is 0 Å². The maximum Gasteiger partial charge on any atom is 0.177 e. The molecule has 2 aromatic rings. The van der Waals surface area contributed by atoms with Crippen LogP contribution >= 0.6 is 11.3 Å². The van der Waals surface area contributed by atoms with E-state index in [0.717, 1.165) is 37.1 Å². The van der Waals surface area contributed by atoms with Gasteiger partial charge in [-0.3, -0.25) is 4.79 Å². The molecule has 106 valence electrons. The zero-order valence-electron chi connectivity index (χ0n) is 15.5. The van der Waals surface area contributed by atoms with Gasteiger partial charge in [-0.25, -0.2) is 0 Å². The van der Waals surface area contributed by atoms with Gasteiger partial charge in [0.05, 0.1) is 10.4 Å². The Morgan fingerprint density at radius 3 is 2.81 bits per heavy atom. The van der Waals surface area contributed by atoms with Crippen molar-refractivity contribution in [2.24, 2.45) is 0 Å². The fraction of sp³-hybridized carbons (Fsp3) is 0.278. The summed E-state index contributed by atoms with van der Waals surface area (Å²) in [5, 5.41) is 5.21. The summed E-state index contributed by atoms with van der Waals surface area (Å²) < 4.78 is 32.8.